The van der Waals surface area contributed by atoms with E-state index in [1.165, 1.54) is 0 Å². The standard InChI is InChI=1S/C11H14NO4/c1-15-9-4-2-3-8-10(9)16-7-11(5-13,6-14)12-8/h2,4,12-14H,5-7H2,1H3. The number of hydrogen-bond acceptors (Lipinski definition) is 5. The minimum absolute atomic E-state index is 0.182. The van der Waals surface area contributed by atoms with Crippen molar-refractivity contribution in [3.8, 4) is 11.5 Å². The number of nitrogens with one attached hydrogen (secondary N) is 1. The number of aliphatic hydroxyl groups is 2. The third-order valence-corrected chi connectivity index (χ3v) is 2.62. The second-order valence-corrected chi connectivity index (χ2v) is 3.76. The Kier molecular flexibility index (Phi) is 2.89. The topological polar surface area (TPSA) is 71.0 Å². The van der Waals surface area contributed by atoms with Gasteiger partial charge >= 0.3 is 0 Å². The van der Waals surface area contributed by atoms with E-state index in [1.54, 1.807) is 19.2 Å². The lowest BCUT2D eigenvalue weighted by Gasteiger charge is -2.36. The van der Waals surface area contributed by atoms with E-state index in [1.807, 2.05) is 0 Å². The van der Waals surface area contributed by atoms with Crippen LogP contribution in [-0.4, -0.2) is 42.7 Å². The molecule has 5 heteroatoms. The smallest absolute Gasteiger partial charge is 0.185 e. The fourth-order valence-electron chi connectivity index (χ4n) is 1.59. The summed E-state index contributed by atoms with van der Waals surface area (Å²) in [6, 6.07) is 6.38. The minimum atomic E-state index is -0.851. The number of benzene rings is 1. The summed E-state index contributed by atoms with van der Waals surface area (Å²) in [5.74, 6) is 1.16. The van der Waals surface area contributed by atoms with Gasteiger partial charge in [-0.15, -0.1) is 0 Å². The first-order valence-electron chi connectivity index (χ1n) is 4.96. The van der Waals surface area contributed by atoms with Gasteiger partial charge in [0.25, 0.3) is 0 Å². The summed E-state index contributed by atoms with van der Waals surface area (Å²) in [5.41, 5.74) is -0.260. The van der Waals surface area contributed by atoms with Crippen molar-refractivity contribution < 1.29 is 19.7 Å². The molecule has 1 aliphatic heterocycles. The molecule has 0 aliphatic carbocycles. The van der Waals surface area contributed by atoms with Gasteiger partial charge in [0.15, 0.2) is 11.5 Å². The van der Waals surface area contributed by atoms with E-state index in [0.717, 1.165) is 0 Å². The van der Waals surface area contributed by atoms with E-state index >= 15 is 0 Å². The maximum Gasteiger partial charge on any atom is 0.185 e. The van der Waals surface area contributed by atoms with Crippen molar-refractivity contribution >= 4 is 5.69 Å². The van der Waals surface area contributed by atoms with Crippen LogP contribution in [0.5, 0.6) is 11.5 Å². The SMILES string of the molecule is COc1cc[c]c2c1OCC(CO)(CO)N2. The molecule has 0 bridgehead atoms. The van der Waals surface area contributed by atoms with Crippen LogP contribution in [0, 0.1) is 6.07 Å². The maximum atomic E-state index is 9.25. The summed E-state index contributed by atoms with van der Waals surface area (Å²) in [7, 11) is 1.55. The van der Waals surface area contributed by atoms with Crippen LogP contribution in [0.25, 0.3) is 0 Å². The molecule has 2 rings (SSSR count). The van der Waals surface area contributed by atoms with E-state index < -0.39 is 5.54 Å². The Morgan fingerprint density at radius 2 is 2.31 bits per heavy atom. The van der Waals surface area contributed by atoms with E-state index in [4.69, 9.17) is 9.47 Å². The highest BCUT2D eigenvalue weighted by Gasteiger charge is 2.35. The molecule has 0 amide bonds. The highest BCUT2D eigenvalue weighted by Crippen LogP contribution is 2.39. The van der Waals surface area contributed by atoms with Gasteiger partial charge in [0, 0.05) is 6.07 Å². The minimum Gasteiger partial charge on any atom is -0.493 e. The summed E-state index contributed by atoms with van der Waals surface area (Å²) in [6.45, 7) is -0.247. The average molecular weight is 224 g/mol. The maximum absolute atomic E-state index is 9.25. The first-order chi connectivity index (χ1) is 7.74. The third kappa shape index (κ3) is 1.68. The van der Waals surface area contributed by atoms with Gasteiger partial charge in [-0.25, -0.2) is 0 Å². The molecule has 0 unspecified atom stereocenters. The molecule has 16 heavy (non-hydrogen) atoms. The Morgan fingerprint density at radius 1 is 1.56 bits per heavy atom. The van der Waals surface area contributed by atoms with Crippen molar-refractivity contribution in [1.29, 1.82) is 0 Å². The number of anilines is 1. The van der Waals surface area contributed by atoms with Gasteiger partial charge in [-0.2, -0.15) is 0 Å². The van der Waals surface area contributed by atoms with Crippen molar-refractivity contribution in [1.82, 2.24) is 0 Å². The molecule has 1 aliphatic rings. The van der Waals surface area contributed by atoms with Crippen LogP contribution in [0.2, 0.25) is 0 Å². The highest BCUT2D eigenvalue weighted by atomic mass is 16.5. The summed E-state index contributed by atoms with van der Waals surface area (Å²) in [6.07, 6.45) is 0. The van der Waals surface area contributed by atoms with Crippen LogP contribution < -0.4 is 14.8 Å². The molecule has 0 atom stereocenters. The Balaban J connectivity index is 2.34. The second-order valence-electron chi connectivity index (χ2n) is 3.76. The number of fused-ring (bicyclic) bond motifs is 1. The molecular formula is C11H14NO4. The quantitative estimate of drug-likeness (QED) is 0.675. The number of aliphatic hydroxyl groups excluding tert-OH is 2. The largest absolute Gasteiger partial charge is 0.493 e. The normalized spacial score (nSPS) is 16.9. The predicted molar refractivity (Wildman–Crippen MR) is 57.9 cm³/mol. The highest BCUT2D eigenvalue weighted by molar-refractivity contribution is 5.65. The van der Waals surface area contributed by atoms with Gasteiger partial charge in [0.1, 0.15) is 12.1 Å². The van der Waals surface area contributed by atoms with Gasteiger partial charge in [-0.3, -0.25) is 0 Å². The first kappa shape index (κ1) is 11.0. The lowest BCUT2D eigenvalue weighted by molar-refractivity contribution is 0.0835. The van der Waals surface area contributed by atoms with Gasteiger partial charge in [-0.05, 0) is 12.1 Å². The van der Waals surface area contributed by atoms with Gasteiger partial charge in [0.2, 0.25) is 0 Å². The molecule has 0 saturated carbocycles. The third-order valence-electron chi connectivity index (χ3n) is 2.62. The first-order valence-corrected chi connectivity index (χ1v) is 4.96. The van der Waals surface area contributed by atoms with E-state index in [-0.39, 0.29) is 19.8 Å². The molecular weight excluding hydrogens is 210 g/mol. The molecule has 87 valence electrons. The van der Waals surface area contributed by atoms with Crippen molar-refractivity contribution in [2.45, 2.75) is 5.54 Å². The van der Waals surface area contributed by atoms with Crippen molar-refractivity contribution in [2.24, 2.45) is 0 Å². The number of hydrogen-bond donors (Lipinski definition) is 3. The Labute approximate surface area is 93.6 Å². The molecule has 0 saturated heterocycles. The molecule has 0 aromatic heterocycles. The van der Waals surface area contributed by atoms with Crippen molar-refractivity contribution in [3.63, 3.8) is 0 Å². The van der Waals surface area contributed by atoms with Crippen LogP contribution in [0.3, 0.4) is 0 Å². The van der Waals surface area contributed by atoms with Crippen LogP contribution in [0.1, 0.15) is 0 Å². The van der Waals surface area contributed by atoms with Crippen LogP contribution in [-0.2, 0) is 0 Å². The zero-order valence-electron chi connectivity index (χ0n) is 8.99. The number of methoxy groups -OCH3 is 1. The Hall–Kier alpha value is -1.46. The number of ether oxygens (including phenoxy) is 2. The van der Waals surface area contributed by atoms with E-state index in [9.17, 15) is 10.2 Å². The molecule has 1 aromatic carbocycles. The van der Waals surface area contributed by atoms with Crippen LogP contribution in [0.15, 0.2) is 12.1 Å². The average Bonchev–Trinajstić information content (AvgIpc) is 2.37. The molecule has 3 N–H and O–H groups in total. The fourth-order valence-corrected chi connectivity index (χ4v) is 1.59. The van der Waals surface area contributed by atoms with Crippen molar-refractivity contribution in [3.05, 3.63) is 18.2 Å². The van der Waals surface area contributed by atoms with Gasteiger partial charge < -0.3 is 25.0 Å². The number of rotatable bonds is 3. The molecule has 1 heterocycles. The zero-order chi connectivity index (χ0) is 11.6. The molecule has 0 spiro atoms. The zero-order valence-corrected chi connectivity index (χ0v) is 8.99. The van der Waals surface area contributed by atoms with Crippen molar-refractivity contribution in [2.75, 3.05) is 32.2 Å². The Morgan fingerprint density at radius 3 is 2.94 bits per heavy atom. The predicted octanol–water partition coefficient (Wildman–Crippen LogP) is 0.0231. The fraction of sp³-hybridized carbons (Fsp3) is 0.455. The summed E-state index contributed by atoms with van der Waals surface area (Å²) < 4.78 is 10.6. The van der Waals surface area contributed by atoms with E-state index in [2.05, 4.69) is 11.4 Å². The summed E-state index contributed by atoms with van der Waals surface area (Å²) in [4.78, 5) is 0. The summed E-state index contributed by atoms with van der Waals surface area (Å²) in [5, 5.41) is 21.5. The van der Waals surface area contributed by atoms with Crippen LogP contribution >= 0.6 is 0 Å². The lowest BCUT2D eigenvalue weighted by atomic mass is 10.0. The van der Waals surface area contributed by atoms with Gasteiger partial charge in [0.05, 0.1) is 26.0 Å². The molecule has 1 aromatic rings. The monoisotopic (exact) mass is 224 g/mol. The second kappa shape index (κ2) is 4.19. The Bertz CT molecular complexity index is 376. The van der Waals surface area contributed by atoms with Crippen LogP contribution in [0.4, 0.5) is 5.69 Å². The lowest BCUT2D eigenvalue weighted by Crippen LogP contribution is -2.53. The molecule has 5 nitrogen and oxygen atoms in total. The molecule has 0 fully saturated rings. The van der Waals surface area contributed by atoms with Gasteiger partial charge in [-0.1, -0.05) is 0 Å². The summed E-state index contributed by atoms with van der Waals surface area (Å²) >= 11 is 0. The molecule has 1 radical (unpaired) electrons. The van der Waals surface area contributed by atoms with E-state index in [0.29, 0.717) is 17.2 Å².